The van der Waals surface area contributed by atoms with Crippen molar-refractivity contribution in [3.05, 3.63) is 17.3 Å². The fraction of sp³-hybridized carbons (Fsp3) is 0.286. The Hall–Kier alpha value is -1.00. The first-order chi connectivity index (χ1) is 5.74. The monoisotopic (exact) mass is 187 g/mol. The quantitative estimate of drug-likeness (QED) is 0.610. The van der Waals surface area contributed by atoms with Crippen LogP contribution < -0.4 is 11.1 Å². The third-order valence-corrected chi connectivity index (χ3v) is 1.60. The van der Waals surface area contributed by atoms with Gasteiger partial charge in [-0.05, 0) is 12.1 Å². The fourth-order valence-corrected chi connectivity index (χ4v) is 0.882. The Morgan fingerprint density at radius 2 is 2.33 bits per heavy atom. The topological polar surface area (TPSA) is 71.2 Å². The van der Waals surface area contributed by atoms with Gasteiger partial charge in [-0.3, -0.25) is 0 Å². The molecule has 0 unspecified atom stereocenters. The molecule has 1 aromatic heterocycles. The first kappa shape index (κ1) is 9.09. The van der Waals surface area contributed by atoms with Crippen LogP contribution in [0.3, 0.4) is 0 Å². The summed E-state index contributed by atoms with van der Waals surface area (Å²) in [6.45, 7) is 0.511. The van der Waals surface area contributed by atoms with Crippen molar-refractivity contribution in [1.29, 1.82) is 0 Å². The van der Waals surface area contributed by atoms with Crippen LogP contribution in [0.25, 0.3) is 0 Å². The molecule has 0 atom stereocenters. The molecule has 5 heteroatoms. The molecule has 66 valence electrons. The van der Waals surface area contributed by atoms with Crippen LogP contribution in [0.5, 0.6) is 0 Å². The molecule has 4 N–H and O–H groups in total. The average molecular weight is 188 g/mol. The molecule has 0 saturated carbocycles. The van der Waals surface area contributed by atoms with Crippen molar-refractivity contribution in [3.8, 4) is 0 Å². The van der Waals surface area contributed by atoms with Gasteiger partial charge in [-0.25, -0.2) is 4.98 Å². The van der Waals surface area contributed by atoms with Crippen LogP contribution in [0, 0.1) is 0 Å². The van der Waals surface area contributed by atoms with Gasteiger partial charge in [0.2, 0.25) is 0 Å². The highest BCUT2D eigenvalue weighted by Crippen LogP contribution is 2.17. The smallest absolute Gasteiger partial charge is 0.154 e. The summed E-state index contributed by atoms with van der Waals surface area (Å²) in [5, 5.41) is 11.6. The highest BCUT2D eigenvalue weighted by molar-refractivity contribution is 6.31. The number of aliphatic hydroxyl groups is 1. The van der Waals surface area contributed by atoms with E-state index in [-0.39, 0.29) is 11.8 Å². The number of aliphatic hydroxyl groups excluding tert-OH is 1. The molecule has 12 heavy (non-hydrogen) atoms. The van der Waals surface area contributed by atoms with Gasteiger partial charge in [0.05, 0.1) is 12.3 Å². The van der Waals surface area contributed by atoms with E-state index in [1.165, 1.54) is 0 Å². The summed E-state index contributed by atoms with van der Waals surface area (Å²) in [4.78, 5) is 3.93. The molecule has 0 amide bonds. The second-order valence-corrected chi connectivity index (χ2v) is 2.58. The van der Waals surface area contributed by atoms with E-state index in [9.17, 15) is 0 Å². The van der Waals surface area contributed by atoms with Gasteiger partial charge < -0.3 is 16.2 Å². The van der Waals surface area contributed by atoms with Crippen LogP contribution in [-0.4, -0.2) is 23.2 Å². The maximum Gasteiger partial charge on any atom is 0.154 e. The Morgan fingerprint density at radius 1 is 1.58 bits per heavy atom. The molecule has 0 saturated heterocycles. The van der Waals surface area contributed by atoms with Crippen molar-refractivity contribution < 1.29 is 5.11 Å². The lowest BCUT2D eigenvalue weighted by molar-refractivity contribution is 0.311. The van der Waals surface area contributed by atoms with Gasteiger partial charge in [0.15, 0.2) is 5.15 Å². The summed E-state index contributed by atoms with van der Waals surface area (Å²) in [5.74, 6) is 0.614. The summed E-state index contributed by atoms with van der Waals surface area (Å²) in [7, 11) is 0. The van der Waals surface area contributed by atoms with Gasteiger partial charge in [0, 0.05) is 6.54 Å². The van der Waals surface area contributed by atoms with Gasteiger partial charge in [-0.1, -0.05) is 11.6 Å². The number of hydrogen-bond acceptors (Lipinski definition) is 4. The average Bonchev–Trinajstić information content (AvgIpc) is 2.07. The number of nitrogens with two attached hydrogens (primary N) is 1. The lowest BCUT2D eigenvalue weighted by atomic mass is 10.4. The Labute approximate surface area is 75.4 Å². The van der Waals surface area contributed by atoms with Crippen molar-refractivity contribution in [3.63, 3.8) is 0 Å². The molecule has 1 rings (SSSR count). The zero-order chi connectivity index (χ0) is 8.97. The van der Waals surface area contributed by atoms with Crippen LogP contribution >= 0.6 is 11.6 Å². The maximum absolute atomic E-state index is 8.50. The first-order valence-electron chi connectivity index (χ1n) is 3.51. The number of nitrogens with one attached hydrogen (secondary N) is 1. The number of halogens is 1. The molecule has 0 aromatic carbocycles. The standard InChI is InChI=1S/C7H10ClN3O/c8-7-5(9)1-2-6(11-7)10-3-4-12/h1-2,12H,3-4,9H2,(H,10,11). The van der Waals surface area contributed by atoms with Crippen LogP contribution in [-0.2, 0) is 0 Å². The van der Waals surface area contributed by atoms with E-state index in [1.807, 2.05) is 0 Å². The molecule has 4 nitrogen and oxygen atoms in total. The van der Waals surface area contributed by atoms with E-state index < -0.39 is 0 Å². The zero-order valence-electron chi connectivity index (χ0n) is 6.42. The van der Waals surface area contributed by atoms with Crippen molar-refractivity contribution in [2.24, 2.45) is 0 Å². The Kier molecular flexibility index (Phi) is 3.13. The van der Waals surface area contributed by atoms with Crippen molar-refractivity contribution in [2.75, 3.05) is 24.2 Å². The highest BCUT2D eigenvalue weighted by atomic mass is 35.5. The van der Waals surface area contributed by atoms with Crippen molar-refractivity contribution >= 4 is 23.1 Å². The predicted octanol–water partition coefficient (Wildman–Crippen LogP) is 0.721. The second kappa shape index (κ2) is 4.13. The summed E-state index contributed by atoms with van der Waals surface area (Å²) in [6.07, 6.45) is 0. The largest absolute Gasteiger partial charge is 0.396 e. The number of aromatic nitrogens is 1. The van der Waals surface area contributed by atoms with Crippen LogP contribution in [0.15, 0.2) is 12.1 Å². The lowest BCUT2D eigenvalue weighted by Crippen LogP contribution is -2.07. The lowest BCUT2D eigenvalue weighted by Gasteiger charge is -2.04. The van der Waals surface area contributed by atoms with E-state index >= 15 is 0 Å². The van der Waals surface area contributed by atoms with E-state index in [0.29, 0.717) is 18.1 Å². The molecule has 1 aromatic rings. The number of hydrogen-bond donors (Lipinski definition) is 3. The summed E-state index contributed by atoms with van der Waals surface area (Å²) >= 11 is 5.65. The molecule has 0 radical (unpaired) electrons. The minimum Gasteiger partial charge on any atom is -0.396 e. The highest BCUT2D eigenvalue weighted by Gasteiger charge is 1.98. The maximum atomic E-state index is 8.50. The van der Waals surface area contributed by atoms with Crippen LogP contribution in [0.1, 0.15) is 0 Å². The molecule has 0 spiro atoms. The Morgan fingerprint density at radius 3 is 2.92 bits per heavy atom. The molecule has 1 heterocycles. The third-order valence-electron chi connectivity index (χ3n) is 1.30. The molecule has 0 bridgehead atoms. The van der Waals surface area contributed by atoms with Gasteiger partial charge in [0.1, 0.15) is 5.82 Å². The molecular weight excluding hydrogens is 178 g/mol. The molecule has 0 aliphatic carbocycles. The second-order valence-electron chi connectivity index (χ2n) is 2.23. The molecule has 0 aliphatic rings. The summed E-state index contributed by atoms with van der Waals surface area (Å²) in [5.41, 5.74) is 5.90. The molecule has 0 aliphatic heterocycles. The van der Waals surface area contributed by atoms with E-state index in [2.05, 4.69) is 10.3 Å². The van der Waals surface area contributed by atoms with E-state index in [4.69, 9.17) is 22.4 Å². The minimum absolute atomic E-state index is 0.0592. The van der Waals surface area contributed by atoms with Gasteiger partial charge in [0.25, 0.3) is 0 Å². The van der Waals surface area contributed by atoms with Crippen molar-refractivity contribution in [2.45, 2.75) is 0 Å². The summed E-state index contributed by atoms with van der Waals surface area (Å²) in [6, 6.07) is 3.37. The zero-order valence-corrected chi connectivity index (χ0v) is 7.17. The number of rotatable bonds is 3. The fourth-order valence-electron chi connectivity index (χ4n) is 0.727. The minimum atomic E-state index is 0.0592. The first-order valence-corrected chi connectivity index (χ1v) is 3.88. The number of nitrogens with zero attached hydrogens (tertiary/aromatic N) is 1. The Bertz CT molecular complexity index is 267. The molecule has 0 fully saturated rings. The predicted molar refractivity (Wildman–Crippen MR) is 49.2 cm³/mol. The summed E-state index contributed by atoms with van der Waals surface area (Å²) < 4.78 is 0. The van der Waals surface area contributed by atoms with Gasteiger partial charge in [-0.2, -0.15) is 0 Å². The van der Waals surface area contributed by atoms with Crippen molar-refractivity contribution in [1.82, 2.24) is 4.98 Å². The van der Waals surface area contributed by atoms with Crippen LogP contribution in [0.4, 0.5) is 11.5 Å². The SMILES string of the molecule is Nc1ccc(NCCO)nc1Cl. The van der Waals surface area contributed by atoms with Gasteiger partial charge in [-0.15, -0.1) is 0 Å². The number of anilines is 2. The number of pyridine rings is 1. The Balaban J connectivity index is 2.69. The third kappa shape index (κ3) is 2.25. The van der Waals surface area contributed by atoms with Crippen LogP contribution in [0.2, 0.25) is 5.15 Å². The molecular formula is C7H10ClN3O. The van der Waals surface area contributed by atoms with E-state index in [1.54, 1.807) is 12.1 Å². The van der Waals surface area contributed by atoms with E-state index in [0.717, 1.165) is 0 Å². The van der Waals surface area contributed by atoms with Gasteiger partial charge >= 0.3 is 0 Å². The normalized spacial score (nSPS) is 9.83. The number of nitrogen functional groups attached to an aromatic ring is 1.